The zero-order valence-electron chi connectivity index (χ0n) is 13.1. The highest BCUT2D eigenvalue weighted by atomic mass is 16.2. The molecule has 1 atom stereocenters. The van der Waals surface area contributed by atoms with Crippen LogP contribution in [0.1, 0.15) is 65.7 Å². The van der Waals surface area contributed by atoms with Gasteiger partial charge in [-0.3, -0.25) is 14.5 Å². The summed E-state index contributed by atoms with van der Waals surface area (Å²) in [5, 5.41) is 3.27. The van der Waals surface area contributed by atoms with E-state index in [-0.39, 0.29) is 29.3 Å². The lowest BCUT2D eigenvalue weighted by Crippen LogP contribution is -2.45. The minimum absolute atomic E-state index is 0.00569. The Labute approximate surface area is 122 Å². The second-order valence-corrected chi connectivity index (χ2v) is 7.45. The topological polar surface area (TPSA) is 49.4 Å². The van der Waals surface area contributed by atoms with Gasteiger partial charge in [-0.1, -0.05) is 46.5 Å². The monoisotopic (exact) mass is 280 g/mol. The van der Waals surface area contributed by atoms with Gasteiger partial charge in [-0.2, -0.15) is 0 Å². The molecule has 1 N–H and O–H groups in total. The van der Waals surface area contributed by atoms with Crippen LogP contribution in [0.2, 0.25) is 0 Å². The molecule has 1 saturated carbocycles. The number of likely N-dealkylation sites (tertiary alicyclic amines) is 1. The van der Waals surface area contributed by atoms with E-state index in [4.69, 9.17) is 0 Å². The Balaban J connectivity index is 1.97. The van der Waals surface area contributed by atoms with E-state index >= 15 is 0 Å². The van der Waals surface area contributed by atoms with Crippen molar-refractivity contribution in [3.05, 3.63) is 0 Å². The van der Waals surface area contributed by atoms with Crippen molar-refractivity contribution in [1.29, 1.82) is 0 Å². The molecule has 1 aliphatic carbocycles. The highest BCUT2D eigenvalue weighted by Crippen LogP contribution is 2.27. The van der Waals surface area contributed by atoms with Gasteiger partial charge in [-0.15, -0.1) is 0 Å². The molecule has 20 heavy (non-hydrogen) atoms. The number of amides is 2. The molecule has 114 valence electrons. The number of rotatable bonds is 3. The summed E-state index contributed by atoms with van der Waals surface area (Å²) in [6.07, 6.45) is 7.07. The van der Waals surface area contributed by atoms with Gasteiger partial charge < -0.3 is 5.32 Å². The SMILES string of the molecule is CC(C)(C)CNC1CC(=O)N(C2CCCCCC2)C1=O. The van der Waals surface area contributed by atoms with Crippen LogP contribution in [0.3, 0.4) is 0 Å². The quantitative estimate of drug-likeness (QED) is 0.638. The van der Waals surface area contributed by atoms with Crippen molar-refractivity contribution in [3.8, 4) is 0 Å². The molecule has 1 unspecified atom stereocenters. The molecule has 0 aromatic heterocycles. The van der Waals surface area contributed by atoms with E-state index in [0.717, 1.165) is 32.2 Å². The van der Waals surface area contributed by atoms with Gasteiger partial charge in [0.1, 0.15) is 0 Å². The number of carbonyl (C=O) groups is 2. The van der Waals surface area contributed by atoms with Gasteiger partial charge in [-0.25, -0.2) is 0 Å². The predicted octanol–water partition coefficient (Wildman–Crippen LogP) is 2.47. The Morgan fingerprint density at radius 3 is 2.25 bits per heavy atom. The van der Waals surface area contributed by atoms with Crippen LogP contribution in [0, 0.1) is 5.41 Å². The highest BCUT2D eigenvalue weighted by molar-refractivity contribution is 6.05. The smallest absolute Gasteiger partial charge is 0.247 e. The largest absolute Gasteiger partial charge is 0.305 e. The molecule has 1 saturated heterocycles. The lowest BCUT2D eigenvalue weighted by Gasteiger charge is -2.26. The molecule has 1 aliphatic heterocycles. The number of nitrogens with one attached hydrogen (secondary N) is 1. The van der Waals surface area contributed by atoms with E-state index in [1.54, 1.807) is 4.90 Å². The summed E-state index contributed by atoms with van der Waals surface area (Å²) in [5.41, 5.74) is 0.124. The van der Waals surface area contributed by atoms with E-state index < -0.39 is 0 Å². The lowest BCUT2D eigenvalue weighted by molar-refractivity contribution is -0.141. The molecule has 1 heterocycles. The lowest BCUT2D eigenvalue weighted by atomic mass is 9.96. The molecule has 2 fully saturated rings. The van der Waals surface area contributed by atoms with Crippen LogP contribution >= 0.6 is 0 Å². The molecule has 4 heteroatoms. The molecule has 0 aromatic carbocycles. The summed E-state index contributed by atoms with van der Waals surface area (Å²) in [6.45, 7) is 7.15. The summed E-state index contributed by atoms with van der Waals surface area (Å²) in [5.74, 6) is 0.0273. The fourth-order valence-corrected chi connectivity index (χ4v) is 3.14. The fraction of sp³-hybridized carbons (Fsp3) is 0.875. The molecule has 2 rings (SSSR count). The molecule has 4 nitrogen and oxygen atoms in total. The van der Waals surface area contributed by atoms with Crippen LogP contribution in [0.5, 0.6) is 0 Å². The van der Waals surface area contributed by atoms with Crippen molar-refractivity contribution in [3.63, 3.8) is 0 Å². The first-order valence-corrected chi connectivity index (χ1v) is 7.98. The summed E-state index contributed by atoms with van der Waals surface area (Å²) in [7, 11) is 0. The molecule has 0 spiro atoms. The maximum atomic E-state index is 12.5. The van der Waals surface area contributed by atoms with Gasteiger partial charge in [0.25, 0.3) is 0 Å². The zero-order chi connectivity index (χ0) is 14.8. The Bertz CT molecular complexity index is 365. The van der Waals surface area contributed by atoms with E-state index in [0.29, 0.717) is 6.42 Å². The number of imide groups is 1. The minimum Gasteiger partial charge on any atom is -0.305 e. The van der Waals surface area contributed by atoms with E-state index in [9.17, 15) is 9.59 Å². The normalized spacial score (nSPS) is 26.1. The summed E-state index contributed by atoms with van der Waals surface area (Å²) >= 11 is 0. The van der Waals surface area contributed by atoms with Gasteiger partial charge in [-0.05, 0) is 18.3 Å². The predicted molar refractivity (Wildman–Crippen MR) is 79.2 cm³/mol. The first-order chi connectivity index (χ1) is 9.38. The average Bonchev–Trinajstić information content (AvgIpc) is 2.57. The van der Waals surface area contributed by atoms with E-state index in [1.807, 2.05) is 0 Å². The van der Waals surface area contributed by atoms with Gasteiger partial charge in [0.05, 0.1) is 12.5 Å². The van der Waals surface area contributed by atoms with Crippen LogP contribution in [-0.2, 0) is 9.59 Å². The van der Waals surface area contributed by atoms with Crippen molar-refractivity contribution in [1.82, 2.24) is 10.2 Å². The third kappa shape index (κ3) is 3.81. The Kier molecular flexibility index (Phi) is 4.84. The number of hydrogen-bond acceptors (Lipinski definition) is 3. The van der Waals surface area contributed by atoms with Crippen molar-refractivity contribution >= 4 is 11.8 Å². The van der Waals surface area contributed by atoms with Crippen LogP contribution in [0.4, 0.5) is 0 Å². The summed E-state index contributed by atoms with van der Waals surface area (Å²) in [6, 6.07) is -0.149. The standard InChI is InChI=1S/C16H28N2O2/c1-16(2,3)11-17-13-10-14(19)18(15(13)20)12-8-6-4-5-7-9-12/h12-13,17H,4-11H2,1-3H3. The van der Waals surface area contributed by atoms with Crippen LogP contribution < -0.4 is 5.32 Å². The highest BCUT2D eigenvalue weighted by Gasteiger charge is 2.42. The molecular formula is C16H28N2O2. The second kappa shape index (κ2) is 6.25. The van der Waals surface area contributed by atoms with Gasteiger partial charge >= 0.3 is 0 Å². The molecule has 2 aliphatic rings. The Morgan fingerprint density at radius 2 is 1.70 bits per heavy atom. The molecule has 0 radical (unpaired) electrons. The van der Waals surface area contributed by atoms with Gasteiger partial charge in [0.2, 0.25) is 11.8 Å². The summed E-state index contributed by atoms with van der Waals surface area (Å²) in [4.78, 5) is 26.3. The van der Waals surface area contributed by atoms with Crippen LogP contribution in [-0.4, -0.2) is 35.3 Å². The first-order valence-electron chi connectivity index (χ1n) is 7.98. The number of carbonyl (C=O) groups excluding carboxylic acids is 2. The zero-order valence-corrected chi connectivity index (χ0v) is 13.1. The van der Waals surface area contributed by atoms with Crippen molar-refractivity contribution < 1.29 is 9.59 Å². The van der Waals surface area contributed by atoms with Crippen molar-refractivity contribution in [2.45, 2.75) is 77.8 Å². The minimum atomic E-state index is -0.301. The third-order valence-electron chi connectivity index (χ3n) is 4.25. The van der Waals surface area contributed by atoms with Gasteiger partial charge in [0.15, 0.2) is 0 Å². The average molecular weight is 280 g/mol. The second-order valence-electron chi connectivity index (χ2n) is 7.45. The first kappa shape index (κ1) is 15.5. The van der Waals surface area contributed by atoms with E-state index in [2.05, 4.69) is 26.1 Å². The molecule has 0 aromatic rings. The Hall–Kier alpha value is -0.900. The fourth-order valence-electron chi connectivity index (χ4n) is 3.14. The maximum absolute atomic E-state index is 12.5. The van der Waals surface area contributed by atoms with Crippen molar-refractivity contribution in [2.24, 2.45) is 5.41 Å². The third-order valence-corrected chi connectivity index (χ3v) is 4.25. The van der Waals surface area contributed by atoms with Crippen LogP contribution in [0.25, 0.3) is 0 Å². The Morgan fingerprint density at radius 1 is 1.10 bits per heavy atom. The van der Waals surface area contributed by atoms with E-state index in [1.165, 1.54) is 12.8 Å². The van der Waals surface area contributed by atoms with Gasteiger partial charge in [0, 0.05) is 12.6 Å². The summed E-state index contributed by atoms with van der Waals surface area (Å²) < 4.78 is 0. The molecule has 0 bridgehead atoms. The molecular weight excluding hydrogens is 252 g/mol. The number of hydrogen-bond donors (Lipinski definition) is 1. The maximum Gasteiger partial charge on any atom is 0.247 e. The van der Waals surface area contributed by atoms with Crippen LogP contribution in [0.15, 0.2) is 0 Å². The number of nitrogens with zero attached hydrogens (tertiary/aromatic N) is 1. The van der Waals surface area contributed by atoms with Crippen molar-refractivity contribution in [2.75, 3.05) is 6.54 Å². The molecule has 2 amide bonds.